The molecule has 2 N–H and O–H groups in total. The van der Waals surface area contributed by atoms with E-state index in [9.17, 15) is 0 Å². The predicted molar refractivity (Wildman–Crippen MR) is 155 cm³/mol. The zero-order valence-electron chi connectivity index (χ0n) is 19.7. The fourth-order valence-corrected chi connectivity index (χ4v) is 5.32. The first-order valence-electron chi connectivity index (χ1n) is 12.3. The zero-order chi connectivity index (χ0) is 23.9. The molecule has 0 aliphatic carbocycles. The van der Waals surface area contributed by atoms with Gasteiger partial charge in [0.1, 0.15) is 0 Å². The van der Waals surface area contributed by atoms with Crippen LogP contribution in [0.5, 0.6) is 0 Å². The average molecular weight is 461 g/mol. The fraction of sp³-hybridized carbons (Fsp3) is 0. The van der Waals surface area contributed by atoms with E-state index in [1.807, 2.05) is 12.1 Å². The van der Waals surface area contributed by atoms with Gasteiger partial charge in [-0.05, 0) is 63.7 Å². The second-order valence-electron chi connectivity index (χ2n) is 9.18. The van der Waals surface area contributed by atoms with Gasteiger partial charge in [-0.15, -0.1) is 0 Å². The lowest BCUT2D eigenvalue weighted by atomic mass is 9.88. The first kappa shape index (κ1) is 20.5. The van der Waals surface area contributed by atoms with Crippen LogP contribution in [-0.4, -0.2) is 0 Å². The molecule has 0 amide bonds. The molecule has 0 atom stereocenters. The Bertz CT molecular complexity index is 1810. The molecule has 0 bridgehead atoms. The molecule has 0 aliphatic heterocycles. The molecule has 7 aromatic carbocycles. The minimum atomic E-state index is 1.08. The van der Waals surface area contributed by atoms with Gasteiger partial charge in [-0.1, -0.05) is 97.1 Å². The maximum atomic E-state index is 3.71. The molecule has 0 aromatic heterocycles. The summed E-state index contributed by atoms with van der Waals surface area (Å²) < 4.78 is 0. The summed E-state index contributed by atoms with van der Waals surface area (Å²) >= 11 is 0. The Balaban J connectivity index is 1.53. The number of benzene rings is 7. The maximum absolute atomic E-state index is 3.71. The summed E-state index contributed by atoms with van der Waals surface area (Å²) in [4.78, 5) is 0. The fourth-order valence-electron chi connectivity index (χ4n) is 5.32. The molecule has 2 nitrogen and oxygen atoms in total. The van der Waals surface area contributed by atoms with Crippen molar-refractivity contribution >= 4 is 55.1 Å². The molecule has 170 valence electrons. The van der Waals surface area contributed by atoms with E-state index in [0.717, 1.165) is 22.7 Å². The van der Waals surface area contributed by atoms with Crippen molar-refractivity contribution in [2.75, 3.05) is 10.6 Å². The first-order chi connectivity index (χ1) is 17.8. The Hall–Kier alpha value is -4.82. The van der Waals surface area contributed by atoms with Crippen LogP contribution in [-0.2, 0) is 0 Å². The van der Waals surface area contributed by atoms with Crippen LogP contribution in [0.25, 0.3) is 43.4 Å². The van der Waals surface area contributed by atoms with Gasteiger partial charge in [-0.2, -0.15) is 0 Å². The number of rotatable bonds is 5. The Morgan fingerprint density at radius 1 is 0.389 bits per heavy atom. The molecular formula is C34H24N2. The van der Waals surface area contributed by atoms with Crippen molar-refractivity contribution in [2.24, 2.45) is 0 Å². The van der Waals surface area contributed by atoms with E-state index in [-0.39, 0.29) is 0 Å². The number of hydrogen-bond acceptors (Lipinski definition) is 2. The highest BCUT2D eigenvalue weighted by molar-refractivity contribution is 6.29. The normalized spacial score (nSPS) is 11.3. The van der Waals surface area contributed by atoms with Crippen LogP contribution in [0.3, 0.4) is 0 Å². The van der Waals surface area contributed by atoms with E-state index in [1.165, 1.54) is 43.4 Å². The summed E-state index contributed by atoms with van der Waals surface area (Å²) in [5, 5.41) is 14.9. The van der Waals surface area contributed by atoms with Crippen LogP contribution in [0.2, 0.25) is 0 Å². The molecule has 7 rings (SSSR count). The van der Waals surface area contributed by atoms with Crippen molar-refractivity contribution in [2.45, 2.75) is 0 Å². The third kappa shape index (κ3) is 3.43. The van der Waals surface area contributed by atoms with E-state index in [0.29, 0.717) is 0 Å². The lowest BCUT2D eigenvalue weighted by molar-refractivity contribution is 1.57. The van der Waals surface area contributed by atoms with E-state index in [2.05, 4.69) is 132 Å². The maximum Gasteiger partial charge on any atom is 0.0470 e. The summed E-state index contributed by atoms with van der Waals surface area (Å²) in [6, 6.07) is 47.2. The van der Waals surface area contributed by atoms with Crippen molar-refractivity contribution in [1.29, 1.82) is 0 Å². The van der Waals surface area contributed by atoms with Gasteiger partial charge < -0.3 is 10.6 Å². The molecule has 2 heteroatoms. The molecule has 0 spiro atoms. The smallest absolute Gasteiger partial charge is 0.0470 e. The van der Waals surface area contributed by atoms with E-state index < -0.39 is 0 Å². The van der Waals surface area contributed by atoms with E-state index in [4.69, 9.17) is 0 Å². The first-order valence-corrected chi connectivity index (χ1v) is 12.3. The lowest BCUT2D eigenvalue weighted by Gasteiger charge is -2.20. The third-order valence-electron chi connectivity index (χ3n) is 6.97. The SMILES string of the molecule is c1ccc(Nc2ccc3ccc4c(Nc5ccccc5)cc(-c5ccccc5)c5ccc2c3c45)cc1. The largest absolute Gasteiger partial charge is 0.355 e. The Labute approximate surface area is 210 Å². The van der Waals surface area contributed by atoms with Crippen LogP contribution < -0.4 is 10.6 Å². The molecule has 0 radical (unpaired) electrons. The predicted octanol–water partition coefficient (Wildman–Crippen LogP) is 9.74. The molecule has 7 aromatic rings. The van der Waals surface area contributed by atoms with Crippen LogP contribution in [0.1, 0.15) is 0 Å². The molecule has 36 heavy (non-hydrogen) atoms. The Morgan fingerprint density at radius 3 is 1.61 bits per heavy atom. The van der Waals surface area contributed by atoms with Crippen molar-refractivity contribution in [3.63, 3.8) is 0 Å². The van der Waals surface area contributed by atoms with Crippen LogP contribution in [0.4, 0.5) is 22.7 Å². The van der Waals surface area contributed by atoms with Gasteiger partial charge in [0, 0.05) is 38.9 Å². The molecule has 0 fully saturated rings. The average Bonchev–Trinajstić information content (AvgIpc) is 2.94. The number of nitrogens with one attached hydrogen (secondary N) is 2. The van der Waals surface area contributed by atoms with Gasteiger partial charge in [-0.3, -0.25) is 0 Å². The third-order valence-corrected chi connectivity index (χ3v) is 6.97. The molecule has 0 saturated carbocycles. The van der Waals surface area contributed by atoms with Crippen molar-refractivity contribution in [3.8, 4) is 11.1 Å². The number of hydrogen-bond donors (Lipinski definition) is 2. The second kappa shape index (κ2) is 8.44. The van der Waals surface area contributed by atoms with Crippen molar-refractivity contribution < 1.29 is 0 Å². The Kier molecular flexibility index (Phi) is 4.82. The van der Waals surface area contributed by atoms with Gasteiger partial charge in [0.2, 0.25) is 0 Å². The van der Waals surface area contributed by atoms with Gasteiger partial charge in [-0.25, -0.2) is 0 Å². The van der Waals surface area contributed by atoms with Crippen LogP contribution >= 0.6 is 0 Å². The summed E-state index contributed by atoms with van der Waals surface area (Å²) in [6.07, 6.45) is 0. The summed E-state index contributed by atoms with van der Waals surface area (Å²) in [5.74, 6) is 0. The van der Waals surface area contributed by atoms with E-state index in [1.54, 1.807) is 0 Å². The summed E-state index contributed by atoms with van der Waals surface area (Å²) in [5.41, 5.74) is 6.85. The van der Waals surface area contributed by atoms with Crippen molar-refractivity contribution in [1.82, 2.24) is 0 Å². The summed E-state index contributed by atoms with van der Waals surface area (Å²) in [6.45, 7) is 0. The number of anilines is 4. The minimum Gasteiger partial charge on any atom is -0.355 e. The van der Waals surface area contributed by atoms with E-state index >= 15 is 0 Å². The Morgan fingerprint density at radius 2 is 0.917 bits per heavy atom. The van der Waals surface area contributed by atoms with Crippen LogP contribution in [0.15, 0.2) is 133 Å². The second-order valence-corrected chi connectivity index (χ2v) is 9.18. The highest BCUT2D eigenvalue weighted by atomic mass is 14.9. The zero-order valence-corrected chi connectivity index (χ0v) is 19.7. The molecule has 0 unspecified atom stereocenters. The standard InChI is InChI=1S/C34H24N2/c1-4-10-23(11-5-1)30-22-32(36-26-14-8-3-9-15-26)29-18-16-24-17-21-31(35-25-12-6-2-7-13-25)28-20-19-27(30)34(29)33(24)28/h1-22,35-36H. The quantitative estimate of drug-likeness (QED) is 0.250. The van der Waals surface area contributed by atoms with Gasteiger partial charge in [0.05, 0.1) is 0 Å². The highest BCUT2D eigenvalue weighted by Gasteiger charge is 2.17. The van der Waals surface area contributed by atoms with Gasteiger partial charge >= 0.3 is 0 Å². The topological polar surface area (TPSA) is 24.1 Å². The molecule has 0 aliphatic rings. The highest BCUT2D eigenvalue weighted by Crippen LogP contribution is 2.45. The van der Waals surface area contributed by atoms with Crippen molar-refractivity contribution in [3.05, 3.63) is 133 Å². The monoisotopic (exact) mass is 460 g/mol. The summed E-state index contributed by atoms with van der Waals surface area (Å²) in [7, 11) is 0. The van der Waals surface area contributed by atoms with Gasteiger partial charge in [0.25, 0.3) is 0 Å². The lowest BCUT2D eigenvalue weighted by Crippen LogP contribution is -1.97. The molecule has 0 heterocycles. The number of para-hydroxylation sites is 2. The van der Waals surface area contributed by atoms with Crippen LogP contribution in [0, 0.1) is 0 Å². The molecular weight excluding hydrogens is 436 g/mol. The minimum absolute atomic E-state index is 1.08. The molecule has 0 saturated heterocycles. The van der Waals surface area contributed by atoms with Gasteiger partial charge in [0.15, 0.2) is 0 Å².